The summed E-state index contributed by atoms with van der Waals surface area (Å²) in [5, 5.41) is 3.76. The summed E-state index contributed by atoms with van der Waals surface area (Å²) in [7, 11) is 0. The molecule has 1 N–H and O–H groups in total. The van der Waals surface area contributed by atoms with Crippen molar-refractivity contribution >= 4 is 17.7 Å². The standard InChI is InChI=1S/C19H23FN4OS/c1-26-19-22-10-15(11-23-19)13-24-8-2-3-14(12-24)9-21-18(25)16-4-6-17(20)7-5-16/h4-7,10-11,14H,2-3,8-9,12-13H2,1H3,(H,21,25)/t14-/m1/s1. The van der Waals surface area contributed by atoms with Crippen molar-refractivity contribution in [1.29, 1.82) is 0 Å². The Balaban J connectivity index is 1.48. The van der Waals surface area contributed by atoms with Gasteiger partial charge in [-0.3, -0.25) is 9.69 Å². The molecule has 1 aliphatic rings. The van der Waals surface area contributed by atoms with Crippen LogP contribution in [0.3, 0.4) is 0 Å². The van der Waals surface area contributed by atoms with Gasteiger partial charge in [0.2, 0.25) is 0 Å². The van der Waals surface area contributed by atoms with Gasteiger partial charge in [0.1, 0.15) is 5.82 Å². The van der Waals surface area contributed by atoms with E-state index in [-0.39, 0.29) is 11.7 Å². The van der Waals surface area contributed by atoms with Crippen molar-refractivity contribution < 1.29 is 9.18 Å². The van der Waals surface area contributed by atoms with Crippen LogP contribution in [0.1, 0.15) is 28.8 Å². The first-order chi connectivity index (χ1) is 12.6. The number of rotatable bonds is 6. The van der Waals surface area contributed by atoms with Crippen molar-refractivity contribution in [2.24, 2.45) is 5.92 Å². The van der Waals surface area contributed by atoms with Gasteiger partial charge in [-0.1, -0.05) is 11.8 Å². The lowest BCUT2D eigenvalue weighted by Crippen LogP contribution is -2.40. The van der Waals surface area contributed by atoms with Crippen LogP contribution in [0.25, 0.3) is 0 Å². The zero-order chi connectivity index (χ0) is 18.4. The number of thioether (sulfide) groups is 1. The number of amides is 1. The average Bonchev–Trinajstić information content (AvgIpc) is 2.67. The number of halogens is 1. The highest BCUT2D eigenvalue weighted by atomic mass is 32.2. The second-order valence-electron chi connectivity index (χ2n) is 6.54. The molecule has 138 valence electrons. The maximum atomic E-state index is 12.9. The van der Waals surface area contributed by atoms with Gasteiger partial charge in [-0.2, -0.15) is 0 Å². The van der Waals surface area contributed by atoms with Crippen LogP contribution in [-0.4, -0.2) is 46.7 Å². The summed E-state index contributed by atoms with van der Waals surface area (Å²) in [6.45, 7) is 3.45. The maximum absolute atomic E-state index is 12.9. The highest BCUT2D eigenvalue weighted by Gasteiger charge is 2.21. The Morgan fingerprint density at radius 3 is 2.73 bits per heavy atom. The molecule has 0 radical (unpaired) electrons. The topological polar surface area (TPSA) is 58.1 Å². The molecule has 0 aliphatic carbocycles. The zero-order valence-electron chi connectivity index (χ0n) is 14.8. The number of aromatic nitrogens is 2. The Hall–Kier alpha value is -1.99. The van der Waals surface area contributed by atoms with Gasteiger partial charge in [0.15, 0.2) is 5.16 Å². The van der Waals surface area contributed by atoms with Gasteiger partial charge in [0.25, 0.3) is 5.91 Å². The number of benzene rings is 1. The largest absolute Gasteiger partial charge is 0.352 e. The van der Waals surface area contributed by atoms with Crippen molar-refractivity contribution in [2.75, 3.05) is 25.9 Å². The Bertz CT molecular complexity index is 723. The molecule has 1 aromatic carbocycles. The fourth-order valence-corrected chi connectivity index (χ4v) is 3.51. The normalized spacial score (nSPS) is 17.8. The summed E-state index contributed by atoms with van der Waals surface area (Å²) in [5.41, 5.74) is 1.60. The molecule has 1 atom stereocenters. The van der Waals surface area contributed by atoms with Crippen LogP contribution < -0.4 is 5.32 Å². The van der Waals surface area contributed by atoms with Crippen LogP contribution in [0.2, 0.25) is 0 Å². The van der Waals surface area contributed by atoms with Crippen molar-refractivity contribution in [3.63, 3.8) is 0 Å². The van der Waals surface area contributed by atoms with Gasteiger partial charge in [0, 0.05) is 43.2 Å². The van der Waals surface area contributed by atoms with E-state index in [0.29, 0.717) is 18.0 Å². The van der Waals surface area contributed by atoms with Gasteiger partial charge in [0.05, 0.1) is 0 Å². The Morgan fingerprint density at radius 1 is 1.31 bits per heavy atom. The molecule has 0 saturated carbocycles. The molecule has 0 unspecified atom stereocenters. The molecule has 1 aromatic heterocycles. The molecule has 2 heterocycles. The first-order valence-electron chi connectivity index (χ1n) is 8.75. The lowest BCUT2D eigenvalue weighted by atomic mass is 9.97. The Morgan fingerprint density at radius 2 is 2.04 bits per heavy atom. The fourth-order valence-electron chi connectivity index (χ4n) is 3.19. The maximum Gasteiger partial charge on any atom is 0.251 e. The summed E-state index contributed by atoms with van der Waals surface area (Å²) in [6.07, 6.45) is 7.95. The van der Waals surface area contributed by atoms with Crippen LogP contribution in [-0.2, 0) is 6.54 Å². The molecule has 7 heteroatoms. The van der Waals surface area contributed by atoms with E-state index >= 15 is 0 Å². The third-order valence-electron chi connectivity index (χ3n) is 4.53. The third kappa shape index (κ3) is 5.25. The van der Waals surface area contributed by atoms with E-state index in [4.69, 9.17) is 0 Å². The molecule has 1 amide bonds. The molecule has 2 aromatic rings. The first-order valence-corrected chi connectivity index (χ1v) is 9.97. The van der Waals surface area contributed by atoms with Crippen molar-refractivity contribution in [3.8, 4) is 0 Å². The smallest absolute Gasteiger partial charge is 0.251 e. The molecule has 0 spiro atoms. The molecular weight excluding hydrogens is 351 g/mol. The van der Waals surface area contributed by atoms with Crippen molar-refractivity contribution in [3.05, 3.63) is 53.6 Å². The summed E-state index contributed by atoms with van der Waals surface area (Å²) in [5.74, 6) is -0.0678. The predicted octanol–water partition coefficient (Wildman–Crippen LogP) is 2.98. The van der Waals surface area contributed by atoms with E-state index in [0.717, 1.165) is 43.2 Å². The van der Waals surface area contributed by atoms with E-state index in [1.807, 2.05) is 18.6 Å². The number of carbonyl (C=O) groups is 1. The van der Waals surface area contributed by atoms with E-state index in [1.165, 1.54) is 36.0 Å². The molecule has 5 nitrogen and oxygen atoms in total. The van der Waals surface area contributed by atoms with E-state index in [9.17, 15) is 9.18 Å². The molecule has 1 saturated heterocycles. The van der Waals surface area contributed by atoms with Crippen molar-refractivity contribution in [2.45, 2.75) is 24.5 Å². The summed E-state index contributed by atoms with van der Waals surface area (Å²) < 4.78 is 12.9. The minimum absolute atomic E-state index is 0.150. The van der Waals surface area contributed by atoms with E-state index < -0.39 is 0 Å². The van der Waals surface area contributed by atoms with Crippen LogP contribution in [0, 0.1) is 11.7 Å². The summed E-state index contributed by atoms with van der Waals surface area (Å²) in [4.78, 5) is 23.2. The predicted molar refractivity (Wildman–Crippen MR) is 101 cm³/mol. The van der Waals surface area contributed by atoms with Crippen LogP contribution in [0.5, 0.6) is 0 Å². The number of nitrogens with one attached hydrogen (secondary N) is 1. The second kappa shape index (κ2) is 9.09. The highest BCUT2D eigenvalue weighted by Crippen LogP contribution is 2.18. The molecule has 1 fully saturated rings. The number of hydrogen-bond donors (Lipinski definition) is 1. The van der Waals surface area contributed by atoms with Crippen molar-refractivity contribution in [1.82, 2.24) is 20.2 Å². The van der Waals surface area contributed by atoms with Gasteiger partial charge >= 0.3 is 0 Å². The summed E-state index contributed by atoms with van der Waals surface area (Å²) >= 11 is 1.54. The Kier molecular flexibility index (Phi) is 6.57. The van der Waals surface area contributed by atoms with Crippen LogP contribution in [0.4, 0.5) is 4.39 Å². The van der Waals surface area contributed by atoms with Gasteiger partial charge in [-0.25, -0.2) is 14.4 Å². The summed E-state index contributed by atoms with van der Waals surface area (Å²) in [6, 6.07) is 5.63. The molecule has 1 aliphatic heterocycles. The minimum Gasteiger partial charge on any atom is -0.352 e. The SMILES string of the molecule is CSc1ncc(CN2CCC[C@H](CNC(=O)c3ccc(F)cc3)C2)cn1. The number of likely N-dealkylation sites (tertiary alicyclic amines) is 1. The average molecular weight is 374 g/mol. The van der Waals surface area contributed by atoms with Gasteiger partial charge < -0.3 is 5.32 Å². The number of piperidine rings is 1. The van der Waals surface area contributed by atoms with Gasteiger partial charge in [-0.15, -0.1) is 0 Å². The highest BCUT2D eigenvalue weighted by molar-refractivity contribution is 7.98. The lowest BCUT2D eigenvalue weighted by molar-refractivity contribution is 0.0930. The quantitative estimate of drug-likeness (QED) is 0.622. The fraction of sp³-hybridized carbons (Fsp3) is 0.421. The molecule has 0 bridgehead atoms. The Labute approximate surface area is 157 Å². The molecular formula is C19H23FN4OS. The third-order valence-corrected chi connectivity index (χ3v) is 5.11. The van der Waals surface area contributed by atoms with E-state index in [1.54, 1.807) is 0 Å². The van der Waals surface area contributed by atoms with Crippen LogP contribution in [0.15, 0.2) is 41.8 Å². The van der Waals surface area contributed by atoms with E-state index in [2.05, 4.69) is 20.2 Å². The second-order valence-corrected chi connectivity index (χ2v) is 7.31. The number of nitrogens with zero attached hydrogens (tertiary/aromatic N) is 3. The monoisotopic (exact) mass is 374 g/mol. The molecule has 3 rings (SSSR count). The zero-order valence-corrected chi connectivity index (χ0v) is 15.6. The number of carbonyl (C=O) groups excluding carboxylic acids is 1. The first kappa shape index (κ1) is 18.8. The number of hydrogen-bond acceptors (Lipinski definition) is 5. The molecule has 26 heavy (non-hydrogen) atoms. The lowest BCUT2D eigenvalue weighted by Gasteiger charge is -2.32. The van der Waals surface area contributed by atoms with Gasteiger partial charge in [-0.05, 0) is 55.8 Å². The minimum atomic E-state index is -0.334. The van der Waals surface area contributed by atoms with Crippen LogP contribution >= 0.6 is 11.8 Å².